The SMILES string of the molecule is CC1(C)c2ccccc2-c2ccc(-c3ccccc3-c3ccc4c(ccc5cc(-c6cc7ccccc7cc6-c6ccccc6)ccc54)c3)cc21. The molecule has 0 radical (unpaired) electrons. The Hall–Kier alpha value is -6.24. The second-order valence-corrected chi connectivity index (χ2v) is 14.5. The van der Waals surface area contributed by atoms with Crippen LogP contribution in [0.5, 0.6) is 0 Å². The third-order valence-corrected chi connectivity index (χ3v) is 11.2. The highest BCUT2D eigenvalue weighted by atomic mass is 14.4. The first-order valence-corrected chi connectivity index (χ1v) is 17.9. The van der Waals surface area contributed by atoms with Crippen LogP contribution in [0, 0.1) is 0 Å². The number of rotatable bonds is 4. The average molecular weight is 649 g/mol. The van der Waals surface area contributed by atoms with Gasteiger partial charge in [-0.25, -0.2) is 0 Å². The molecule has 0 unspecified atom stereocenters. The monoisotopic (exact) mass is 648 g/mol. The molecule has 0 bridgehead atoms. The van der Waals surface area contributed by atoms with Crippen LogP contribution in [0.3, 0.4) is 0 Å². The first-order chi connectivity index (χ1) is 25.0. The molecule has 0 heteroatoms. The molecule has 0 amide bonds. The van der Waals surface area contributed by atoms with Crippen molar-refractivity contribution in [3.8, 4) is 55.6 Å². The molecule has 1 aliphatic rings. The molecule has 51 heavy (non-hydrogen) atoms. The Labute approximate surface area is 299 Å². The van der Waals surface area contributed by atoms with Gasteiger partial charge >= 0.3 is 0 Å². The smallest absolute Gasteiger partial charge is 0.0159 e. The van der Waals surface area contributed by atoms with Gasteiger partial charge in [0.15, 0.2) is 0 Å². The van der Waals surface area contributed by atoms with Crippen LogP contribution in [-0.4, -0.2) is 0 Å². The van der Waals surface area contributed by atoms with E-state index < -0.39 is 0 Å². The van der Waals surface area contributed by atoms with E-state index in [1.54, 1.807) is 0 Å². The van der Waals surface area contributed by atoms with Crippen molar-refractivity contribution in [2.45, 2.75) is 19.3 Å². The predicted molar refractivity (Wildman–Crippen MR) is 218 cm³/mol. The zero-order valence-electron chi connectivity index (χ0n) is 28.8. The fraction of sp³-hybridized carbons (Fsp3) is 0.0588. The minimum Gasteiger partial charge on any atom is -0.0622 e. The first kappa shape index (κ1) is 29.7. The quantitative estimate of drug-likeness (QED) is 0.167. The van der Waals surface area contributed by atoms with Crippen LogP contribution in [-0.2, 0) is 5.41 Å². The summed E-state index contributed by atoms with van der Waals surface area (Å²) in [5.74, 6) is 0. The van der Waals surface area contributed by atoms with Crippen molar-refractivity contribution in [1.82, 2.24) is 0 Å². The Morgan fingerprint density at radius 3 is 1.39 bits per heavy atom. The van der Waals surface area contributed by atoms with Gasteiger partial charge in [0.25, 0.3) is 0 Å². The van der Waals surface area contributed by atoms with E-state index in [1.807, 2.05) is 0 Å². The molecule has 9 aromatic rings. The Bertz CT molecular complexity index is 2820. The van der Waals surface area contributed by atoms with Crippen molar-refractivity contribution >= 4 is 32.3 Å². The molecule has 0 aromatic heterocycles. The van der Waals surface area contributed by atoms with Gasteiger partial charge in [0, 0.05) is 5.41 Å². The van der Waals surface area contributed by atoms with Gasteiger partial charge in [-0.3, -0.25) is 0 Å². The topological polar surface area (TPSA) is 0 Å². The molecule has 240 valence electrons. The Morgan fingerprint density at radius 2 is 0.745 bits per heavy atom. The lowest BCUT2D eigenvalue weighted by atomic mass is 9.81. The molecular formula is C51H36. The first-order valence-electron chi connectivity index (χ1n) is 17.9. The number of hydrogen-bond acceptors (Lipinski definition) is 0. The fourth-order valence-electron chi connectivity index (χ4n) is 8.60. The van der Waals surface area contributed by atoms with Crippen molar-refractivity contribution in [2.75, 3.05) is 0 Å². The Kier molecular flexibility index (Phi) is 6.63. The van der Waals surface area contributed by atoms with Crippen molar-refractivity contribution in [3.05, 3.63) is 193 Å². The number of fused-ring (bicyclic) bond motifs is 7. The van der Waals surface area contributed by atoms with Crippen LogP contribution >= 0.6 is 0 Å². The standard InChI is InChI=1S/C51H36/c1-51(2)49-19-11-10-18-45(49)46-27-24-40(32-50(46)51)42-17-9-8-16-41(42)38-22-25-43-36(28-38)20-21-37-29-39(23-26-44(37)43)48-31-35-15-7-6-14-34(35)30-47(48)33-12-4-3-5-13-33/h3-32H,1-2H3. The Morgan fingerprint density at radius 1 is 0.275 bits per heavy atom. The van der Waals surface area contributed by atoms with Crippen molar-refractivity contribution in [2.24, 2.45) is 0 Å². The van der Waals surface area contributed by atoms with Gasteiger partial charge in [-0.05, 0) is 129 Å². The van der Waals surface area contributed by atoms with Gasteiger partial charge in [0.1, 0.15) is 0 Å². The van der Waals surface area contributed by atoms with Gasteiger partial charge in [0.2, 0.25) is 0 Å². The minimum atomic E-state index is -0.0296. The largest absolute Gasteiger partial charge is 0.0622 e. The highest BCUT2D eigenvalue weighted by Crippen LogP contribution is 2.50. The molecule has 0 heterocycles. The van der Waals surface area contributed by atoms with Crippen LogP contribution in [0.4, 0.5) is 0 Å². The van der Waals surface area contributed by atoms with E-state index in [0.29, 0.717) is 0 Å². The summed E-state index contributed by atoms with van der Waals surface area (Å²) in [6.07, 6.45) is 0. The van der Waals surface area contributed by atoms with Gasteiger partial charge in [-0.1, -0.05) is 166 Å². The molecule has 0 fully saturated rings. The van der Waals surface area contributed by atoms with Crippen LogP contribution in [0.2, 0.25) is 0 Å². The summed E-state index contributed by atoms with van der Waals surface area (Å²) in [6, 6.07) is 67.5. The van der Waals surface area contributed by atoms with E-state index in [1.165, 1.54) is 99.1 Å². The normalized spacial score (nSPS) is 13.1. The molecule has 0 N–H and O–H groups in total. The van der Waals surface area contributed by atoms with Gasteiger partial charge in [0.05, 0.1) is 0 Å². The second kappa shape index (κ2) is 11.4. The molecule has 0 saturated heterocycles. The van der Waals surface area contributed by atoms with E-state index in [0.717, 1.165) is 0 Å². The summed E-state index contributed by atoms with van der Waals surface area (Å²) in [5.41, 5.74) is 15.5. The lowest BCUT2D eigenvalue weighted by Gasteiger charge is -2.22. The summed E-state index contributed by atoms with van der Waals surface area (Å²) < 4.78 is 0. The average Bonchev–Trinajstić information content (AvgIpc) is 3.42. The van der Waals surface area contributed by atoms with Crippen molar-refractivity contribution < 1.29 is 0 Å². The second-order valence-electron chi connectivity index (χ2n) is 14.5. The van der Waals surface area contributed by atoms with Gasteiger partial charge in [-0.15, -0.1) is 0 Å². The van der Waals surface area contributed by atoms with Crippen LogP contribution in [0.25, 0.3) is 88.0 Å². The van der Waals surface area contributed by atoms with Gasteiger partial charge < -0.3 is 0 Å². The van der Waals surface area contributed by atoms with Crippen LogP contribution < -0.4 is 0 Å². The van der Waals surface area contributed by atoms with E-state index >= 15 is 0 Å². The molecule has 0 spiro atoms. The van der Waals surface area contributed by atoms with E-state index in [-0.39, 0.29) is 5.41 Å². The zero-order valence-corrected chi connectivity index (χ0v) is 28.8. The van der Waals surface area contributed by atoms with Crippen molar-refractivity contribution in [1.29, 1.82) is 0 Å². The van der Waals surface area contributed by atoms with E-state index in [4.69, 9.17) is 0 Å². The van der Waals surface area contributed by atoms with E-state index in [9.17, 15) is 0 Å². The maximum atomic E-state index is 2.43. The maximum absolute atomic E-state index is 2.43. The molecule has 9 aromatic carbocycles. The zero-order chi connectivity index (χ0) is 34.1. The molecule has 0 aliphatic heterocycles. The van der Waals surface area contributed by atoms with E-state index in [2.05, 4.69) is 196 Å². The summed E-state index contributed by atoms with van der Waals surface area (Å²) in [6.45, 7) is 4.71. The lowest BCUT2D eigenvalue weighted by Crippen LogP contribution is -2.14. The highest BCUT2D eigenvalue weighted by molar-refractivity contribution is 6.10. The molecule has 0 atom stereocenters. The highest BCUT2D eigenvalue weighted by Gasteiger charge is 2.35. The summed E-state index contributed by atoms with van der Waals surface area (Å²) in [7, 11) is 0. The number of benzene rings is 9. The molecule has 1 aliphatic carbocycles. The Balaban J connectivity index is 1.05. The van der Waals surface area contributed by atoms with Crippen LogP contribution in [0.15, 0.2) is 182 Å². The minimum absolute atomic E-state index is 0.0296. The maximum Gasteiger partial charge on any atom is 0.0159 e. The molecule has 0 saturated carbocycles. The van der Waals surface area contributed by atoms with Crippen LogP contribution in [0.1, 0.15) is 25.0 Å². The summed E-state index contributed by atoms with van der Waals surface area (Å²) in [4.78, 5) is 0. The predicted octanol–water partition coefficient (Wildman–Crippen LogP) is 14.1. The summed E-state index contributed by atoms with van der Waals surface area (Å²) in [5, 5.41) is 7.57. The molecule has 10 rings (SSSR count). The third-order valence-electron chi connectivity index (χ3n) is 11.2. The van der Waals surface area contributed by atoms with Gasteiger partial charge in [-0.2, -0.15) is 0 Å². The lowest BCUT2D eigenvalue weighted by molar-refractivity contribution is 0.660. The molecular weight excluding hydrogens is 613 g/mol. The molecule has 0 nitrogen and oxygen atoms in total. The summed E-state index contributed by atoms with van der Waals surface area (Å²) >= 11 is 0. The van der Waals surface area contributed by atoms with Crippen molar-refractivity contribution in [3.63, 3.8) is 0 Å². The third kappa shape index (κ3) is 4.75. The fourth-order valence-corrected chi connectivity index (χ4v) is 8.60. The number of hydrogen-bond donors (Lipinski definition) is 0.